The van der Waals surface area contributed by atoms with Crippen LogP contribution in [0.2, 0.25) is 0 Å². The fraction of sp³-hybridized carbons (Fsp3) is 0.907. The Morgan fingerprint density at radius 3 is 1.29 bits per heavy atom. The Bertz CT molecular complexity index is 1040. The predicted octanol–water partition coefficient (Wildman–Crippen LogP) is 12.6. The van der Waals surface area contributed by atoms with Crippen molar-refractivity contribution < 1.29 is 39.8 Å². The summed E-state index contributed by atoms with van der Waals surface area (Å²) in [6.07, 6.45) is 48.0. The summed E-state index contributed by atoms with van der Waals surface area (Å²) in [5.74, 6) is -0.179. The molecule has 1 amide bonds. The van der Waals surface area contributed by atoms with Gasteiger partial charge in [-0.1, -0.05) is 231 Å². The van der Waals surface area contributed by atoms with Crippen molar-refractivity contribution in [3.05, 3.63) is 24.3 Å². The second-order valence-electron chi connectivity index (χ2n) is 19.0. The van der Waals surface area contributed by atoms with E-state index in [1.165, 1.54) is 199 Å². The molecule has 372 valence electrons. The molecule has 0 spiro atoms. The number of amides is 1. The van der Waals surface area contributed by atoms with Crippen molar-refractivity contribution in [3.8, 4) is 0 Å². The maximum Gasteiger partial charge on any atom is 0.220 e. The average Bonchev–Trinajstić information content (AvgIpc) is 3.28. The molecule has 0 saturated carbocycles. The number of hydrogen-bond acceptors (Lipinski definition) is 8. The van der Waals surface area contributed by atoms with Crippen molar-refractivity contribution >= 4 is 5.91 Å². The number of aliphatic hydroxyl groups is 5. The van der Waals surface area contributed by atoms with E-state index in [1.807, 2.05) is 6.08 Å². The molecule has 7 atom stereocenters. The number of unbranched alkanes of at least 4 members (excludes halogenated alkanes) is 34. The zero-order chi connectivity index (χ0) is 45.9. The Morgan fingerprint density at radius 2 is 0.889 bits per heavy atom. The van der Waals surface area contributed by atoms with Gasteiger partial charge in [0, 0.05) is 6.42 Å². The molecule has 63 heavy (non-hydrogen) atoms. The number of aliphatic hydroxyl groups excluding tert-OH is 5. The molecule has 1 heterocycles. The first kappa shape index (κ1) is 59.7. The fourth-order valence-electron chi connectivity index (χ4n) is 8.68. The molecule has 1 fully saturated rings. The molecule has 1 saturated heterocycles. The minimum atomic E-state index is -1.57. The van der Waals surface area contributed by atoms with Crippen molar-refractivity contribution in [3.63, 3.8) is 0 Å². The molecule has 1 aliphatic rings. The Morgan fingerprint density at radius 1 is 0.524 bits per heavy atom. The van der Waals surface area contributed by atoms with Gasteiger partial charge in [0.05, 0.1) is 25.4 Å². The second kappa shape index (κ2) is 44.5. The van der Waals surface area contributed by atoms with Crippen molar-refractivity contribution in [1.82, 2.24) is 5.32 Å². The van der Waals surface area contributed by atoms with Crippen LogP contribution >= 0.6 is 0 Å². The molecule has 0 bridgehead atoms. The molecular weight excluding hydrogens is 791 g/mol. The first-order valence-electron chi connectivity index (χ1n) is 27.1. The van der Waals surface area contributed by atoms with Crippen molar-refractivity contribution in [2.24, 2.45) is 0 Å². The quantitative estimate of drug-likeness (QED) is 0.0261. The highest BCUT2D eigenvalue weighted by Crippen LogP contribution is 2.23. The molecule has 0 aromatic heterocycles. The van der Waals surface area contributed by atoms with E-state index in [-0.39, 0.29) is 12.5 Å². The molecule has 0 aliphatic carbocycles. The van der Waals surface area contributed by atoms with Crippen LogP contribution in [-0.2, 0) is 14.3 Å². The summed E-state index contributed by atoms with van der Waals surface area (Å²) >= 11 is 0. The summed E-state index contributed by atoms with van der Waals surface area (Å²) in [7, 11) is 0. The number of carbonyl (C=O) groups is 1. The first-order chi connectivity index (χ1) is 30.8. The van der Waals surface area contributed by atoms with E-state index in [0.717, 1.165) is 38.5 Å². The number of allylic oxidation sites excluding steroid dienone is 3. The van der Waals surface area contributed by atoms with Crippen LogP contribution < -0.4 is 5.32 Å². The third kappa shape index (κ3) is 34.6. The van der Waals surface area contributed by atoms with Gasteiger partial charge in [0.15, 0.2) is 6.29 Å². The second-order valence-corrected chi connectivity index (χ2v) is 19.0. The Hall–Kier alpha value is -1.33. The Labute approximate surface area is 388 Å². The third-order valence-electron chi connectivity index (χ3n) is 13.0. The van der Waals surface area contributed by atoms with Crippen molar-refractivity contribution in [2.45, 2.75) is 301 Å². The van der Waals surface area contributed by atoms with Crippen LogP contribution in [0.1, 0.15) is 258 Å². The van der Waals surface area contributed by atoms with Crippen LogP contribution in [0.4, 0.5) is 0 Å². The summed E-state index contributed by atoms with van der Waals surface area (Å²) < 4.78 is 11.3. The lowest BCUT2D eigenvalue weighted by atomic mass is 9.99. The minimum Gasteiger partial charge on any atom is -0.394 e. The molecule has 0 aromatic carbocycles. The lowest BCUT2D eigenvalue weighted by Crippen LogP contribution is -2.60. The number of ether oxygens (including phenoxy) is 2. The van der Waals surface area contributed by atoms with Gasteiger partial charge in [-0.2, -0.15) is 0 Å². The Kier molecular flexibility index (Phi) is 42.2. The normalized spacial score (nSPS) is 20.3. The summed E-state index contributed by atoms with van der Waals surface area (Å²) in [4.78, 5) is 13.0. The topological polar surface area (TPSA) is 149 Å². The lowest BCUT2D eigenvalue weighted by Gasteiger charge is -2.40. The highest BCUT2D eigenvalue weighted by Gasteiger charge is 2.44. The van der Waals surface area contributed by atoms with E-state index in [2.05, 4.69) is 31.3 Å². The molecule has 1 rings (SSSR count). The minimum absolute atomic E-state index is 0.179. The van der Waals surface area contributed by atoms with Crippen LogP contribution in [0.15, 0.2) is 24.3 Å². The summed E-state index contributed by atoms with van der Waals surface area (Å²) in [6, 6.07) is -0.805. The first-order valence-corrected chi connectivity index (χ1v) is 27.1. The average molecular weight is 894 g/mol. The monoisotopic (exact) mass is 894 g/mol. The van der Waals surface area contributed by atoms with E-state index in [4.69, 9.17) is 9.47 Å². The molecule has 1 aliphatic heterocycles. The molecule has 9 nitrogen and oxygen atoms in total. The van der Waals surface area contributed by atoms with E-state index in [0.29, 0.717) is 6.42 Å². The smallest absolute Gasteiger partial charge is 0.220 e. The molecule has 0 aromatic rings. The summed E-state index contributed by atoms with van der Waals surface area (Å²) in [6.45, 7) is 3.80. The SMILES string of the molecule is CCCCCCCCC/C=C\CCCCCCCCCC(=O)NC(COC1OC(CO)C(O)C(O)C1O)C(O)/C=C/CCCCCCCCCCCCCCCCCCCCCC. The highest BCUT2D eigenvalue weighted by atomic mass is 16.7. The zero-order valence-electron chi connectivity index (χ0n) is 41.1. The maximum atomic E-state index is 13.0. The van der Waals surface area contributed by atoms with Gasteiger partial charge in [-0.05, 0) is 44.9 Å². The van der Waals surface area contributed by atoms with E-state index >= 15 is 0 Å². The number of carbonyl (C=O) groups excluding carboxylic acids is 1. The third-order valence-corrected chi connectivity index (χ3v) is 13.0. The number of hydrogen-bond donors (Lipinski definition) is 6. The highest BCUT2D eigenvalue weighted by molar-refractivity contribution is 5.76. The van der Waals surface area contributed by atoms with Gasteiger partial charge in [0.2, 0.25) is 5.91 Å². The molecular formula is C54H103NO8. The van der Waals surface area contributed by atoms with Crippen LogP contribution in [0, 0.1) is 0 Å². The van der Waals surface area contributed by atoms with Gasteiger partial charge in [-0.25, -0.2) is 0 Å². The van der Waals surface area contributed by atoms with Crippen molar-refractivity contribution in [1.29, 1.82) is 0 Å². The standard InChI is InChI=1S/C54H103NO8/c1-3-5-7-9-11-13-15-17-19-21-23-24-25-26-27-29-31-33-35-37-39-41-43-48(57)47(46-62-54-53(61)52(60)51(59)49(45-56)63-54)55-50(58)44-42-40-38-36-34-32-30-28-22-20-18-16-14-12-10-8-6-4-2/h20,22,41,43,47-49,51-54,56-57,59-61H,3-19,21,23-40,42,44-46H2,1-2H3,(H,55,58)/b22-20-,43-41+. The van der Waals surface area contributed by atoms with Crippen LogP contribution in [-0.4, -0.2) is 87.5 Å². The molecule has 7 unspecified atom stereocenters. The van der Waals surface area contributed by atoms with Gasteiger partial charge in [0.25, 0.3) is 0 Å². The summed E-state index contributed by atoms with van der Waals surface area (Å²) in [5, 5.41) is 54.4. The fourth-order valence-corrected chi connectivity index (χ4v) is 8.68. The van der Waals surface area contributed by atoms with Gasteiger partial charge in [0.1, 0.15) is 24.4 Å². The van der Waals surface area contributed by atoms with E-state index in [1.54, 1.807) is 6.08 Å². The van der Waals surface area contributed by atoms with Crippen LogP contribution in [0.5, 0.6) is 0 Å². The van der Waals surface area contributed by atoms with E-state index < -0.39 is 49.5 Å². The van der Waals surface area contributed by atoms with Gasteiger partial charge in [-0.3, -0.25) is 4.79 Å². The summed E-state index contributed by atoms with van der Waals surface area (Å²) in [5.41, 5.74) is 0. The lowest BCUT2D eigenvalue weighted by molar-refractivity contribution is -0.302. The maximum absolute atomic E-state index is 13.0. The van der Waals surface area contributed by atoms with Gasteiger partial charge in [-0.15, -0.1) is 0 Å². The Balaban J connectivity index is 2.27. The number of rotatable bonds is 46. The van der Waals surface area contributed by atoms with Crippen molar-refractivity contribution in [2.75, 3.05) is 13.2 Å². The molecule has 0 radical (unpaired) electrons. The number of nitrogens with one attached hydrogen (secondary N) is 1. The van der Waals surface area contributed by atoms with E-state index in [9.17, 15) is 30.3 Å². The predicted molar refractivity (Wildman–Crippen MR) is 263 cm³/mol. The van der Waals surface area contributed by atoms with Gasteiger partial charge < -0.3 is 40.3 Å². The van der Waals surface area contributed by atoms with Gasteiger partial charge >= 0.3 is 0 Å². The molecule has 9 heteroatoms. The van der Waals surface area contributed by atoms with Crippen LogP contribution in [0.3, 0.4) is 0 Å². The molecule has 6 N–H and O–H groups in total. The largest absolute Gasteiger partial charge is 0.394 e. The van der Waals surface area contributed by atoms with Crippen LogP contribution in [0.25, 0.3) is 0 Å². The zero-order valence-corrected chi connectivity index (χ0v) is 41.1.